The normalized spacial score (nSPS) is 16.5. The SMILES string of the molecule is Cc1cc(OC2CCN(C(=O)c3csc(-c4ccccc4)n3)C2)cc(=O)o1. The molecule has 2 aromatic heterocycles. The zero-order valence-electron chi connectivity index (χ0n) is 14.8. The van der Waals surface area contributed by atoms with Gasteiger partial charge < -0.3 is 14.1 Å². The van der Waals surface area contributed by atoms with Gasteiger partial charge in [0.05, 0.1) is 12.6 Å². The van der Waals surface area contributed by atoms with Crippen molar-refractivity contribution < 1.29 is 13.9 Å². The number of hydrogen-bond acceptors (Lipinski definition) is 6. The van der Waals surface area contributed by atoms with Crippen molar-refractivity contribution in [2.45, 2.75) is 19.4 Å². The highest BCUT2D eigenvalue weighted by Gasteiger charge is 2.29. The minimum absolute atomic E-state index is 0.0942. The predicted octanol–water partition coefficient (Wildman–Crippen LogP) is 3.37. The van der Waals surface area contributed by atoms with Crippen molar-refractivity contribution in [3.63, 3.8) is 0 Å². The Kier molecular flexibility index (Phi) is 4.77. The van der Waals surface area contributed by atoms with Gasteiger partial charge in [-0.25, -0.2) is 9.78 Å². The molecule has 1 unspecified atom stereocenters. The van der Waals surface area contributed by atoms with Gasteiger partial charge in [-0.05, 0) is 6.92 Å². The number of ether oxygens (including phenoxy) is 1. The van der Waals surface area contributed by atoms with Crippen LogP contribution >= 0.6 is 11.3 Å². The number of carbonyl (C=O) groups is 1. The van der Waals surface area contributed by atoms with Gasteiger partial charge in [0.15, 0.2) is 0 Å². The Morgan fingerprint density at radius 3 is 2.89 bits per heavy atom. The summed E-state index contributed by atoms with van der Waals surface area (Å²) in [5.41, 5.74) is 1.02. The van der Waals surface area contributed by atoms with Crippen LogP contribution in [0.4, 0.5) is 0 Å². The molecule has 138 valence electrons. The second-order valence-electron chi connectivity index (χ2n) is 6.41. The van der Waals surface area contributed by atoms with Crippen molar-refractivity contribution in [1.82, 2.24) is 9.88 Å². The van der Waals surface area contributed by atoms with Crippen LogP contribution in [0.1, 0.15) is 22.7 Å². The summed E-state index contributed by atoms with van der Waals surface area (Å²) in [4.78, 5) is 30.4. The van der Waals surface area contributed by atoms with Crippen LogP contribution in [0.3, 0.4) is 0 Å². The van der Waals surface area contributed by atoms with Crippen molar-refractivity contribution in [1.29, 1.82) is 0 Å². The van der Waals surface area contributed by atoms with Gasteiger partial charge in [0.25, 0.3) is 5.91 Å². The Bertz CT molecular complexity index is 1010. The number of nitrogens with zero attached hydrogens (tertiary/aromatic N) is 2. The summed E-state index contributed by atoms with van der Waals surface area (Å²) in [6.07, 6.45) is 0.558. The summed E-state index contributed by atoms with van der Waals surface area (Å²) >= 11 is 1.46. The molecule has 1 aromatic carbocycles. The largest absolute Gasteiger partial charge is 0.488 e. The van der Waals surface area contributed by atoms with Crippen LogP contribution in [0.15, 0.2) is 57.1 Å². The molecule has 0 N–H and O–H groups in total. The standard InChI is InChI=1S/C20H18N2O4S/c1-13-9-16(10-18(23)25-13)26-15-7-8-22(11-15)20(24)17-12-27-19(21-17)14-5-3-2-4-6-14/h2-6,9-10,12,15H,7-8,11H2,1H3. The molecule has 1 atom stereocenters. The Morgan fingerprint density at radius 2 is 2.11 bits per heavy atom. The maximum Gasteiger partial charge on any atom is 0.339 e. The van der Waals surface area contributed by atoms with Crippen molar-refractivity contribution in [2.75, 3.05) is 13.1 Å². The Balaban J connectivity index is 1.42. The van der Waals surface area contributed by atoms with Crippen LogP contribution in [-0.2, 0) is 0 Å². The van der Waals surface area contributed by atoms with Crippen LogP contribution in [-0.4, -0.2) is 35.0 Å². The molecule has 1 fully saturated rings. The molecule has 1 aliphatic rings. The molecule has 3 heterocycles. The first-order valence-corrected chi connectivity index (χ1v) is 9.55. The average Bonchev–Trinajstić information content (AvgIpc) is 3.31. The predicted molar refractivity (Wildman–Crippen MR) is 102 cm³/mol. The summed E-state index contributed by atoms with van der Waals surface area (Å²) in [6.45, 7) is 2.77. The molecule has 4 rings (SSSR count). The highest BCUT2D eigenvalue weighted by atomic mass is 32.1. The number of thiazole rings is 1. The van der Waals surface area contributed by atoms with Gasteiger partial charge in [-0.2, -0.15) is 0 Å². The average molecular weight is 382 g/mol. The van der Waals surface area contributed by atoms with Gasteiger partial charge in [0.2, 0.25) is 0 Å². The lowest BCUT2D eigenvalue weighted by Crippen LogP contribution is -2.31. The summed E-state index contributed by atoms with van der Waals surface area (Å²) in [7, 11) is 0. The fraction of sp³-hybridized carbons (Fsp3) is 0.250. The van der Waals surface area contributed by atoms with E-state index < -0.39 is 5.63 Å². The maximum atomic E-state index is 12.7. The lowest BCUT2D eigenvalue weighted by molar-refractivity contribution is 0.0767. The van der Waals surface area contributed by atoms with Crippen molar-refractivity contribution in [2.24, 2.45) is 0 Å². The van der Waals surface area contributed by atoms with Gasteiger partial charge >= 0.3 is 5.63 Å². The van der Waals surface area contributed by atoms with E-state index in [1.54, 1.807) is 23.3 Å². The highest BCUT2D eigenvalue weighted by molar-refractivity contribution is 7.13. The highest BCUT2D eigenvalue weighted by Crippen LogP contribution is 2.25. The van der Waals surface area contributed by atoms with E-state index in [0.29, 0.717) is 36.7 Å². The van der Waals surface area contributed by atoms with Crippen LogP contribution in [0.5, 0.6) is 5.75 Å². The molecule has 0 spiro atoms. The number of carbonyl (C=O) groups excluding carboxylic acids is 1. The number of hydrogen-bond donors (Lipinski definition) is 0. The number of amides is 1. The van der Waals surface area contributed by atoms with E-state index in [2.05, 4.69) is 4.98 Å². The van der Waals surface area contributed by atoms with Crippen LogP contribution in [0, 0.1) is 6.92 Å². The molecular weight excluding hydrogens is 364 g/mol. The third-order valence-electron chi connectivity index (χ3n) is 4.35. The lowest BCUT2D eigenvalue weighted by atomic mass is 10.2. The van der Waals surface area contributed by atoms with Crippen molar-refractivity contribution in [3.8, 4) is 16.3 Å². The molecule has 0 bridgehead atoms. The van der Waals surface area contributed by atoms with Gasteiger partial charge in [-0.3, -0.25) is 4.79 Å². The molecule has 1 aliphatic heterocycles. The van der Waals surface area contributed by atoms with E-state index in [1.165, 1.54) is 17.4 Å². The Labute approximate surface area is 160 Å². The minimum Gasteiger partial charge on any atom is -0.488 e. The third kappa shape index (κ3) is 3.93. The summed E-state index contributed by atoms with van der Waals surface area (Å²) in [5.74, 6) is 0.880. The maximum absolute atomic E-state index is 12.7. The van der Waals surface area contributed by atoms with Gasteiger partial charge in [-0.1, -0.05) is 30.3 Å². The first kappa shape index (κ1) is 17.5. The smallest absolute Gasteiger partial charge is 0.339 e. The first-order valence-electron chi connectivity index (χ1n) is 8.67. The second kappa shape index (κ2) is 7.36. The van der Waals surface area contributed by atoms with Crippen LogP contribution < -0.4 is 10.4 Å². The molecular formula is C20H18N2O4S. The lowest BCUT2D eigenvalue weighted by Gasteiger charge is -2.16. The quantitative estimate of drug-likeness (QED) is 0.692. The number of aromatic nitrogens is 1. The van der Waals surface area contributed by atoms with E-state index in [0.717, 1.165) is 10.6 Å². The zero-order chi connectivity index (χ0) is 18.8. The fourth-order valence-corrected chi connectivity index (χ4v) is 3.89. The summed E-state index contributed by atoms with van der Waals surface area (Å²) in [5, 5.41) is 2.63. The van der Waals surface area contributed by atoms with Gasteiger partial charge in [-0.15, -0.1) is 11.3 Å². The first-order chi connectivity index (χ1) is 13.1. The van der Waals surface area contributed by atoms with Crippen LogP contribution in [0.2, 0.25) is 0 Å². The van der Waals surface area contributed by atoms with Crippen molar-refractivity contribution in [3.05, 3.63) is 69.7 Å². The van der Waals surface area contributed by atoms with E-state index >= 15 is 0 Å². The number of rotatable bonds is 4. The topological polar surface area (TPSA) is 72.6 Å². The fourth-order valence-electron chi connectivity index (χ4n) is 3.09. The third-order valence-corrected chi connectivity index (χ3v) is 5.24. The Morgan fingerprint density at radius 1 is 1.30 bits per heavy atom. The van der Waals surface area contributed by atoms with Crippen LogP contribution in [0.25, 0.3) is 10.6 Å². The monoisotopic (exact) mass is 382 g/mol. The minimum atomic E-state index is -0.438. The summed E-state index contributed by atoms with van der Waals surface area (Å²) in [6, 6.07) is 12.8. The number of likely N-dealkylation sites (tertiary alicyclic amines) is 1. The molecule has 1 saturated heterocycles. The van der Waals surface area contributed by atoms with E-state index in [-0.39, 0.29) is 12.0 Å². The molecule has 6 nitrogen and oxygen atoms in total. The molecule has 1 amide bonds. The summed E-state index contributed by atoms with van der Waals surface area (Å²) < 4.78 is 10.8. The van der Waals surface area contributed by atoms with E-state index in [4.69, 9.17) is 9.15 Å². The van der Waals surface area contributed by atoms with Gasteiger partial charge in [0, 0.05) is 30.0 Å². The molecule has 0 aliphatic carbocycles. The number of aryl methyl sites for hydroxylation is 1. The molecule has 0 radical (unpaired) electrons. The van der Waals surface area contributed by atoms with Crippen molar-refractivity contribution >= 4 is 17.2 Å². The Hall–Kier alpha value is -2.93. The van der Waals surface area contributed by atoms with E-state index in [1.807, 2.05) is 30.3 Å². The van der Waals surface area contributed by atoms with Gasteiger partial charge in [0.1, 0.15) is 28.3 Å². The zero-order valence-corrected chi connectivity index (χ0v) is 15.6. The molecule has 0 saturated carbocycles. The van der Waals surface area contributed by atoms with E-state index in [9.17, 15) is 9.59 Å². The molecule has 27 heavy (non-hydrogen) atoms. The molecule has 3 aromatic rings. The number of benzene rings is 1. The second-order valence-corrected chi connectivity index (χ2v) is 7.26. The molecule has 7 heteroatoms.